The topological polar surface area (TPSA) is 24.9 Å². The normalized spacial score (nSPS) is 26.8. The molecule has 1 aliphatic carbocycles. The van der Waals surface area contributed by atoms with Crippen LogP contribution >= 0.6 is 0 Å². The maximum absolute atomic E-state index is 13.3. The van der Waals surface area contributed by atoms with E-state index in [4.69, 9.17) is 0 Å². The zero-order chi connectivity index (χ0) is 15.5. The molecule has 3 atom stereocenters. The third-order valence-electron chi connectivity index (χ3n) is 4.70. The summed E-state index contributed by atoms with van der Waals surface area (Å²) in [6.07, 6.45) is 2.31. The van der Waals surface area contributed by atoms with Crippen molar-refractivity contribution in [2.75, 3.05) is 13.6 Å². The van der Waals surface area contributed by atoms with Gasteiger partial charge in [0.1, 0.15) is 0 Å². The van der Waals surface area contributed by atoms with Gasteiger partial charge in [0.05, 0.1) is 5.56 Å². The zero-order valence-electron chi connectivity index (χ0n) is 12.6. The lowest BCUT2D eigenvalue weighted by Crippen LogP contribution is -2.31. The van der Waals surface area contributed by atoms with Gasteiger partial charge in [-0.05, 0) is 55.8 Å². The van der Waals surface area contributed by atoms with Crippen LogP contribution in [0.3, 0.4) is 0 Å². The first kappa shape index (κ1) is 16.3. The minimum absolute atomic E-state index is 0.0542. The Balaban J connectivity index is 2.36. The first-order valence-electron chi connectivity index (χ1n) is 7.63. The van der Waals surface area contributed by atoms with Crippen LogP contribution in [0, 0.1) is 11.8 Å². The van der Waals surface area contributed by atoms with Crippen molar-refractivity contribution in [3.05, 3.63) is 29.6 Å². The fourth-order valence-electron chi connectivity index (χ4n) is 3.54. The summed E-state index contributed by atoms with van der Waals surface area (Å²) >= 11 is 0. The number of hydrogen-bond acceptors (Lipinski definition) is 2. The molecule has 1 heterocycles. The van der Waals surface area contributed by atoms with Gasteiger partial charge in [-0.1, -0.05) is 19.8 Å². The van der Waals surface area contributed by atoms with Crippen molar-refractivity contribution < 1.29 is 13.2 Å². The molecule has 0 amide bonds. The first-order valence-corrected chi connectivity index (χ1v) is 7.63. The van der Waals surface area contributed by atoms with Crippen molar-refractivity contribution in [2.45, 2.75) is 44.7 Å². The molecule has 1 N–H and O–H groups in total. The maximum Gasteiger partial charge on any atom is 0.416 e. The van der Waals surface area contributed by atoms with Crippen molar-refractivity contribution in [1.29, 1.82) is 0 Å². The highest BCUT2D eigenvalue weighted by molar-refractivity contribution is 5.31. The minimum atomic E-state index is -4.30. The predicted molar refractivity (Wildman–Crippen MR) is 77.0 cm³/mol. The molecule has 1 fully saturated rings. The van der Waals surface area contributed by atoms with E-state index in [2.05, 4.69) is 17.2 Å². The van der Waals surface area contributed by atoms with Crippen LogP contribution in [0.1, 0.15) is 49.7 Å². The molecular weight excluding hydrogens is 277 g/mol. The zero-order valence-corrected chi connectivity index (χ0v) is 12.6. The molecule has 1 aromatic rings. The Labute approximate surface area is 124 Å². The van der Waals surface area contributed by atoms with Gasteiger partial charge in [-0.25, -0.2) is 0 Å². The summed E-state index contributed by atoms with van der Waals surface area (Å²) in [5.74, 6) is 0.717. The number of hydrogen-bond donors (Lipinski definition) is 1. The van der Waals surface area contributed by atoms with Gasteiger partial charge in [-0.3, -0.25) is 4.98 Å². The highest BCUT2D eigenvalue weighted by Gasteiger charge is 2.39. The number of rotatable bonds is 4. The molecule has 0 radical (unpaired) electrons. The largest absolute Gasteiger partial charge is 0.416 e. The monoisotopic (exact) mass is 300 g/mol. The average Bonchev–Trinajstić information content (AvgIpc) is 2.47. The Morgan fingerprint density at radius 2 is 2.10 bits per heavy atom. The summed E-state index contributed by atoms with van der Waals surface area (Å²) in [5.41, 5.74) is -0.135. The van der Waals surface area contributed by atoms with E-state index in [-0.39, 0.29) is 11.8 Å². The van der Waals surface area contributed by atoms with Gasteiger partial charge >= 0.3 is 6.18 Å². The number of alkyl halides is 3. The molecule has 1 aliphatic rings. The van der Waals surface area contributed by atoms with Gasteiger partial charge in [-0.2, -0.15) is 13.2 Å². The molecular formula is C16H23F3N2. The van der Waals surface area contributed by atoms with Crippen LogP contribution in [0.5, 0.6) is 0 Å². The lowest BCUT2D eigenvalue weighted by atomic mass is 9.70. The predicted octanol–water partition coefficient (Wildman–Crippen LogP) is 4.23. The molecule has 0 saturated heterocycles. The minimum Gasteiger partial charge on any atom is -0.319 e. The molecule has 2 rings (SSSR count). The van der Waals surface area contributed by atoms with Gasteiger partial charge in [0.2, 0.25) is 0 Å². The Morgan fingerprint density at radius 1 is 1.33 bits per heavy atom. The van der Waals surface area contributed by atoms with Crippen LogP contribution in [-0.4, -0.2) is 18.6 Å². The Bertz CT molecular complexity index is 459. The van der Waals surface area contributed by atoms with E-state index < -0.39 is 11.7 Å². The number of halogens is 3. The second kappa shape index (κ2) is 6.77. The Kier molecular flexibility index (Phi) is 5.25. The van der Waals surface area contributed by atoms with Crippen molar-refractivity contribution in [3.63, 3.8) is 0 Å². The fraction of sp³-hybridized carbons (Fsp3) is 0.688. The van der Waals surface area contributed by atoms with Crippen LogP contribution in [0.4, 0.5) is 13.2 Å². The highest BCUT2D eigenvalue weighted by Crippen LogP contribution is 2.45. The van der Waals surface area contributed by atoms with E-state index in [1.807, 2.05) is 7.05 Å². The van der Waals surface area contributed by atoms with E-state index in [1.54, 1.807) is 0 Å². The van der Waals surface area contributed by atoms with Crippen LogP contribution in [0.2, 0.25) is 0 Å². The number of aromatic nitrogens is 1. The Morgan fingerprint density at radius 3 is 2.71 bits per heavy atom. The van der Waals surface area contributed by atoms with Crippen molar-refractivity contribution >= 4 is 0 Å². The van der Waals surface area contributed by atoms with Crippen LogP contribution < -0.4 is 5.32 Å². The summed E-state index contributed by atoms with van der Waals surface area (Å²) < 4.78 is 39.8. The van der Waals surface area contributed by atoms with E-state index in [0.717, 1.165) is 38.3 Å². The van der Waals surface area contributed by atoms with Crippen molar-refractivity contribution in [3.8, 4) is 0 Å². The lowest BCUT2D eigenvalue weighted by molar-refractivity contribution is -0.138. The molecule has 0 aliphatic heterocycles. The second-order valence-corrected chi connectivity index (χ2v) is 5.97. The standard InChI is InChI=1S/C16H23F3N2/c1-3-11-4-5-12(9-20-2)13(8-11)14-10-21-7-6-15(14)16(17,18)19/h6-7,10-13,20H,3-5,8-9H2,1-2H3. The van der Waals surface area contributed by atoms with Crippen molar-refractivity contribution in [2.24, 2.45) is 11.8 Å². The van der Waals surface area contributed by atoms with Gasteiger partial charge in [0, 0.05) is 12.4 Å². The number of nitrogens with zero attached hydrogens (tertiary/aromatic N) is 1. The van der Waals surface area contributed by atoms with Gasteiger partial charge < -0.3 is 5.32 Å². The fourth-order valence-corrected chi connectivity index (χ4v) is 3.54. The third-order valence-corrected chi connectivity index (χ3v) is 4.70. The van der Waals surface area contributed by atoms with Crippen LogP contribution in [-0.2, 0) is 6.18 Å². The molecule has 5 heteroatoms. The number of nitrogens with one attached hydrogen (secondary N) is 1. The third kappa shape index (κ3) is 3.76. The van der Waals surface area contributed by atoms with Gasteiger partial charge in [-0.15, -0.1) is 0 Å². The summed E-state index contributed by atoms with van der Waals surface area (Å²) in [4.78, 5) is 3.96. The van der Waals surface area contributed by atoms with E-state index >= 15 is 0 Å². The molecule has 0 aromatic carbocycles. The van der Waals surface area contributed by atoms with E-state index in [1.165, 1.54) is 12.4 Å². The van der Waals surface area contributed by atoms with E-state index in [0.29, 0.717) is 11.5 Å². The lowest BCUT2D eigenvalue weighted by Gasteiger charge is -2.37. The average molecular weight is 300 g/mol. The number of pyridine rings is 1. The summed E-state index contributed by atoms with van der Waals surface area (Å²) in [5, 5.41) is 3.13. The molecule has 3 unspecified atom stereocenters. The smallest absolute Gasteiger partial charge is 0.319 e. The molecule has 1 saturated carbocycles. The molecule has 0 bridgehead atoms. The van der Waals surface area contributed by atoms with Gasteiger partial charge in [0.15, 0.2) is 0 Å². The Hall–Kier alpha value is -1.10. The highest BCUT2D eigenvalue weighted by atomic mass is 19.4. The SMILES string of the molecule is CCC1CCC(CNC)C(c2cnccc2C(F)(F)F)C1. The second-order valence-electron chi connectivity index (χ2n) is 5.97. The van der Waals surface area contributed by atoms with E-state index in [9.17, 15) is 13.2 Å². The van der Waals surface area contributed by atoms with Crippen molar-refractivity contribution in [1.82, 2.24) is 10.3 Å². The molecule has 1 aromatic heterocycles. The molecule has 0 spiro atoms. The summed E-state index contributed by atoms with van der Waals surface area (Å²) in [6, 6.07) is 1.11. The summed E-state index contributed by atoms with van der Waals surface area (Å²) in [6.45, 7) is 2.88. The molecule has 21 heavy (non-hydrogen) atoms. The van der Waals surface area contributed by atoms with Gasteiger partial charge in [0.25, 0.3) is 0 Å². The molecule has 118 valence electrons. The van der Waals surface area contributed by atoms with Crippen LogP contribution in [0.15, 0.2) is 18.5 Å². The maximum atomic E-state index is 13.3. The summed E-state index contributed by atoms with van der Waals surface area (Å²) in [7, 11) is 1.86. The first-order chi connectivity index (χ1) is 9.97. The molecule has 2 nitrogen and oxygen atoms in total. The quantitative estimate of drug-likeness (QED) is 0.900. The van der Waals surface area contributed by atoms with Crippen LogP contribution in [0.25, 0.3) is 0 Å².